The van der Waals surface area contributed by atoms with Crippen molar-refractivity contribution in [1.29, 1.82) is 0 Å². The average Bonchev–Trinajstić information content (AvgIpc) is 2.17. The third-order valence-corrected chi connectivity index (χ3v) is 3.46. The molecule has 2 rings (SSSR count). The largest absolute Gasteiger partial charge is 0.372 e. The standard InChI is InChI=1S/C11H15BrN2/c1-13-9-6-8-4-3-5-10(12)11(8)14(2)7-9/h3-5,9,13H,6-7H2,1-2H3. The zero-order valence-electron chi connectivity index (χ0n) is 8.55. The Morgan fingerprint density at radius 2 is 2.29 bits per heavy atom. The molecule has 0 spiro atoms. The Kier molecular flexibility index (Phi) is 2.79. The summed E-state index contributed by atoms with van der Waals surface area (Å²) in [4.78, 5) is 2.31. The summed E-state index contributed by atoms with van der Waals surface area (Å²) in [5.74, 6) is 0. The number of anilines is 1. The summed E-state index contributed by atoms with van der Waals surface area (Å²) in [5.41, 5.74) is 2.77. The lowest BCUT2D eigenvalue weighted by molar-refractivity contribution is 0.537. The minimum atomic E-state index is 0.571. The fourth-order valence-corrected chi connectivity index (χ4v) is 2.81. The third-order valence-electron chi connectivity index (χ3n) is 2.82. The van der Waals surface area contributed by atoms with Gasteiger partial charge in [0.2, 0.25) is 0 Å². The summed E-state index contributed by atoms with van der Waals surface area (Å²) in [6.45, 7) is 1.08. The molecule has 0 fully saturated rings. The molecule has 0 radical (unpaired) electrons. The Bertz CT molecular complexity index is 338. The minimum Gasteiger partial charge on any atom is -0.372 e. The highest BCUT2D eigenvalue weighted by Crippen LogP contribution is 2.33. The highest BCUT2D eigenvalue weighted by atomic mass is 79.9. The number of benzene rings is 1. The van der Waals surface area contributed by atoms with E-state index in [9.17, 15) is 0 Å². The van der Waals surface area contributed by atoms with Gasteiger partial charge < -0.3 is 10.2 Å². The van der Waals surface area contributed by atoms with Crippen LogP contribution in [0.5, 0.6) is 0 Å². The number of rotatable bonds is 1. The molecule has 3 heteroatoms. The van der Waals surface area contributed by atoms with Crippen LogP contribution in [0.1, 0.15) is 5.56 Å². The normalized spacial score (nSPS) is 20.8. The van der Waals surface area contributed by atoms with Crippen LogP contribution in [0.2, 0.25) is 0 Å². The first-order valence-corrected chi connectivity index (χ1v) is 5.67. The summed E-state index contributed by atoms with van der Waals surface area (Å²) in [5, 5.41) is 3.34. The van der Waals surface area contributed by atoms with Crippen LogP contribution in [0.25, 0.3) is 0 Å². The first-order chi connectivity index (χ1) is 6.72. The molecule has 1 aliphatic heterocycles. The van der Waals surface area contributed by atoms with Crippen LogP contribution < -0.4 is 10.2 Å². The van der Waals surface area contributed by atoms with E-state index in [2.05, 4.69) is 51.4 Å². The van der Waals surface area contributed by atoms with Crippen molar-refractivity contribution in [2.45, 2.75) is 12.5 Å². The zero-order valence-corrected chi connectivity index (χ0v) is 10.1. The first-order valence-electron chi connectivity index (χ1n) is 4.88. The summed E-state index contributed by atoms with van der Waals surface area (Å²) < 4.78 is 1.20. The Morgan fingerprint density at radius 1 is 1.50 bits per heavy atom. The van der Waals surface area contributed by atoms with Gasteiger partial charge in [-0.2, -0.15) is 0 Å². The number of nitrogens with zero attached hydrogens (tertiary/aromatic N) is 1. The molecule has 1 aliphatic rings. The number of fused-ring (bicyclic) bond motifs is 1. The molecule has 0 saturated carbocycles. The van der Waals surface area contributed by atoms with Crippen LogP contribution in [-0.4, -0.2) is 26.7 Å². The van der Waals surface area contributed by atoms with Gasteiger partial charge in [0.05, 0.1) is 5.69 Å². The van der Waals surface area contributed by atoms with Gasteiger partial charge in [-0.05, 0) is 41.0 Å². The van der Waals surface area contributed by atoms with Crippen LogP contribution in [0.15, 0.2) is 22.7 Å². The van der Waals surface area contributed by atoms with Crippen LogP contribution >= 0.6 is 15.9 Å². The maximum atomic E-state index is 3.60. The Hall–Kier alpha value is -0.540. The van der Waals surface area contributed by atoms with Gasteiger partial charge in [-0.15, -0.1) is 0 Å². The van der Waals surface area contributed by atoms with Crippen molar-refractivity contribution in [3.05, 3.63) is 28.2 Å². The van der Waals surface area contributed by atoms with Gasteiger partial charge in [-0.1, -0.05) is 12.1 Å². The van der Waals surface area contributed by atoms with Crippen molar-refractivity contribution in [2.24, 2.45) is 0 Å². The molecule has 1 atom stereocenters. The molecule has 1 aromatic carbocycles. The average molecular weight is 255 g/mol. The van der Waals surface area contributed by atoms with E-state index >= 15 is 0 Å². The molecule has 2 nitrogen and oxygen atoms in total. The van der Waals surface area contributed by atoms with Crippen LogP contribution in [0, 0.1) is 0 Å². The molecular weight excluding hydrogens is 240 g/mol. The number of halogens is 1. The Morgan fingerprint density at radius 3 is 3.00 bits per heavy atom. The van der Waals surface area contributed by atoms with E-state index in [0.717, 1.165) is 13.0 Å². The first kappa shape index (κ1) is 9.99. The lowest BCUT2D eigenvalue weighted by Gasteiger charge is -2.34. The molecule has 14 heavy (non-hydrogen) atoms. The SMILES string of the molecule is CNC1Cc2cccc(Br)c2N(C)C1. The topological polar surface area (TPSA) is 15.3 Å². The lowest BCUT2D eigenvalue weighted by atomic mass is 9.98. The monoisotopic (exact) mass is 254 g/mol. The molecule has 1 N–H and O–H groups in total. The molecule has 0 bridgehead atoms. The zero-order chi connectivity index (χ0) is 10.1. The van der Waals surface area contributed by atoms with Crippen molar-refractivity contribution >= 4 is 21.6 Å². The van der Waals surface area contributed by atoms with Gasteiger partial charge in [0.1, 0.15) is 0 Å². The van der Waals surface area contributed by atoms with Crippen LogP contribution in [0.4, 0.5) is 5.69 Å². The second-order valence-electron chi connectivity index (χ2n) is 3.82. The van der Waals surface area contributed by atoms with Gasteiger partial charge in [0.25, 0.3) is 0 Å². The fourth-order valence-electron chi connectivity index (χ4n) is 2.10. The van der Waals surface area contributed by atoms with Gasteiger partial charge in [0.15, 0.2) is 0 Å². The summed E-state index contributed by atoms with van der Waals surface area (Å²) in [7, 11) is 4.18. The molecule has 0 saturated heterocycles. The van der Waals surface area contributed by atoms with Crippen molar-refractivity contribution < 1.29 is 0 Å². The van der Waals surface area contributed by atoms with E-state index in [4.69, 9.17) is 0 Å². The van der Waals surface area contributed by atoms with E-state index < -0.39 is 0 Å². The second-order valence-corrected chi connectivity index (χ2v) is 4.67. The highest BCUT2D eigenvalue weighted by Gasteiger charge is 2.22. The van der Waals surface area contributed by atoms with Gasteiger partial charge in [-0.25, -0.2) is 0 Å². The van der Waals surface area contributed by atoms with Gasteiger partial charge >= 0.3 is 0 Å². The number of hydrogen-bond acceptors (Lipinski definition) is 2. The van der Waals surface area contributed by atoms with Crippen LogP contribution in [0.3, 0.4) is 0 Å². The van der Waals surface area contributed by atoms with E-state index in [1.165, 1.54) is 15.7 Å². The molecule has 0 aliphatic carbocycles. The summed E-state index contributed by atoms with van der Waals surface area (Å²) in [6.07, 6.45) is 1.12. The fraction of sp³-hybridized carbons (Fsp3) is 0.455. The van der Waals surface area contributed by atoms with Crippen LogP contribution in [-0.2, 0) is 6.42 Å². The summed E-state index contributed by atoms with van der Waals surface area (Å²) >= 11 is 3.60. The number of nitrogens with one attached hydrogen (secondary N) is 1. The maximum Gasteiger partial charge on any atom is 0.0541 e. The Balaban J connectivity index is 2.39. The van der Waals surface area contributed by atoms with Crippen molar-refractivity contribution in [2.75, 3.05) is 25.5 Å². The van der Waals surface area contributed by atoms with Crippen molar-refractivity contribution in [1.82, 2.24) is 5.32 Å². The van der Waals surface area contributed by atoms with Gasteiger partial charge in [-0.3, -0.25) is 0 Å². The Labute approximate surface area is 93.4 Å². The molecule has 1 aromatic rings. The minimum absolute atomic E-state index is 0.571. The smallest absolute Gasteiger partial charge is 0.0541 e. The number of hydrogen-bond donors (Lipinski definition) is 1. The molecule has 0 aromatic heterocycles. The van der Waals surface area contributed by atoms with Crippen molar-refractivity contribution in [3.63, 3.8) is 0 Å². The predicted molar refractivity (Wildman–Crippen MR) is 64.0 cm³/mol. The lowest BCUT2D eigenvalue weighted by Crippen LogP contribution is -2.43. The molecule has 76 valence electrons. The third kappa shape index (κ3) is 1.66. The molecule has 0 amide bonds. The van der Waals surface area contributed by atoms with E-state index in [1.54, 1.807) is 0 Å². The summed E-state index contributed by atoms with van der Waals surface area (Å²) in [6, 6.07) is 6.99. The van der Waals surface area contributed by atoms with E-state index in [-0.39, 0.29) is 0 Å². The second kappa shape index (κ2) is 3.91. The number of likely N-dealkylation sites (N-methyl/N-ethyl adjacent to an activating group) is 2. The quantitative estimate of drug-likeness (QED) is 0.826. The maximum absolute atomic E-state index is 3.60. The van der Waals surface area contributed by atoms with Gasteiger partial charge in [0, 0.05) is 24.1 Å². The van der Waals surface area contributed by atoms with E-state index in [1.807, 2.05) is 7.05 Å². The van der Waals surface area contributed by atoms with Crippen molar-refractivity contribution in [3.8, 4) is 0 Å². The molecule has 1 heterocycles. The van der Waals surface area contributed by atoms with E-state index in [0.29, 0.717) is 6.04 Å². The molecule has 1 unspecified atom stereocenters. The predicted octanol–water partition coefficient (Wildman–Crippen LogP) is 2.03. The number of para-hydroxylation sites is 1. The highest BCUT2D eigenvalue weighted by molar-refractivity contribution is 9.10. The molecular formula is C11H15BrN2.